The fourth-order valence-corrected chi connectivity index (χ4v) is 7.47. The minimum atomic E-state index is 0.509. The lowest BCUT2D eigenvalue weighted by Gasteiger charge is -2.09. The summed E-state index contributed by atoms with van der Waals surface area (Å²) in [6, 6.07) is 37.7. The Bertz CT molecular complexity index is 1560. The zero-order valence-corrected chi connectivity index (χ0v) is 23.4. The molecule has 1 unspecified atom stereocenters. The van der Waals surface area contributed by atoms with Crippen molar-refractivity contribution in [2.45, 2.75) is 30.4 Å². The number of fused-ring (bicyclic) bond motifs is 1. The molecule has 6 rings (SSSR count). The summed E-state index contributed by atoms with van der Waals surface area (Å²) >= 11 is 3.96. The minimum absolute atomic E-state index is 0.509. The molecule has 0 aliphatic carbocycles. The molecule has 186 valence electrons. The molecule has 1 atom stereocenters. The van der Waals surface area contributed by atoms with Gasteiger partial charge in [-0.05, 0) is 59.7 Å². The first-order chi connectivity index (χ1) is 18.6. The van der Waals surface area contributed by atoms with Crippen LogP contribution in [0.1, 0.15) is 49.1 Å². The van der Waals surface area contributed by atoms with Gasteiger partial charge in [0.2, 0.25) is 0 Å². The van der Waals surface area contributed by atoms with Crippen LogP contribution >= 0.6 is 23.1 Å². The van der Waals surface area contributed by atoms with E-state index in [1.54, 1.807) is 0 Å². The van der Waals surface area contributed by atoms with Gasteiger partial charge in [-0.1, -0.05) is 132 Å². The maximum Gasteiger partial charge on any atom is 0.0393 e. The molecular weight excluding hydrogens is 497 g/mol. The van der Waals surface area contributed by atoms with Gasteiger partial charge in [0, 0.05) is 19.9 Å². The third-order valence-electron chi connectivity index (χ3n) is 7.00. The number of hydrogen-bond donors (Lipinski definition) is 0. The predicted octanol–water partition coefficient (Wildman–Crippen LogP) is 10.8. The zero-order valence-electron chi connectivity index (χ0n) is 21.7. The smallest absolute Gasteiger partial charge is 0.0393 e. The maximum atomic E-state index is 2.39. The van der Waals surface area contributed by atoms with Crippen molar-refractivity contribution in [3.8, 4) is 10.4 Å². The summed E-state index contributed by atoms with van der Waals surface area (Å²) in [6.07, 6.45) is 9.86. The summed E-state index contributed by atoms with van der Waals surface area (Å²) in [7, 11) is 0. The summed E-state index contributed by atoms with van der Waals surface area (Å²) in [5, 5.41) is 0.509. The van der Waals surface area contributed by atoms with Crippen molar-refractivity contribution >= 4 is 47.4 Å². The van der Waals surface area contributed by atoms with Gasteiger partial charge < -0.3 is 0 Å². The highest BCUT2D eigenvalue weighted by Gasteiger charge is 2.26. The minimum Gasteiger partial charge on any atom is -0.139 e. The monoisotopic (exact) mass is 526 g/mol. The first-order valence-corrected chi connectivity index (χ1v) is 14.8. The second-order valence-corrected chi connectivity index (χ2v) is 12.4. The molecule has 0 bridgehead atoms. The molecule has 0 nitrogen and oxygen atoms in total. The topological polar surface area (TPSA) is 0 Å². The molecule has 0 radical (unpaired) electrons. The molecule has 5 aromatic rings. The van der Waals surface area contributed by atoms with E-state index >= 15 is 0 Å². The molecule has 0 amide bonds. The number of thioether (sulfide) groups is 1. The van der Waals surface area contributed by atoms with Crippen LogP contribution in [0.15, 0.2) is 108 Å². The Hall–Kier alpha value is -3.59. The highest BCUT2D eigenvalue weighted by atomic mass is 32.2. The van der Waals surface area contributed by atoms with E-state index in [0.717, 1.165) is 6.42 Å². The van der Waals surface area contributed by atoms with Crippen molar-refractivity contribution in [2.75, 3.05) is 0 Å². The molecule has 0 fully saturated rings. The van der Waals surface area contributed by atoms with Crippen molar-refractivity contribution in [3.63, 3.8) is 0 Å². The molecule has 38 heavy (non-hydrogen) atoms. The van der Waals surface area contributed by atoms with Gasteiger partial charge in [-0.25, -0.2) is 0 Å². The molecule has 2 heteroatoms. The second-order valence-electron chi connectivity index (χ2n) is 9.99. The van der Waals surface area contributed by atoms with E-state index in [2.05, 4.69) is 141 Å². The number of hydrogen-bond acceptors (Lipinski definition) is 2. The first kappa shape index (κ1) is 24.7. The Labute approximate surface area is 234 Å². The molecule has 2 heterocycles. The van der Waals surface area contributed by atoms with Gasteiger partial charge in [0.25, 0.3) is 0 Å². The van der Waals surface area contributed by atoms with E-state index < -0.39 is 0 Å². The second kappa shape index (κ2) is 11.0. The molecule has 0 saturated heterocycles. The van der Waals surface area contributed by atoms with E-state index in [1.165, 1.54) is 59.2 Å². The average Bonchev–Trinajstić information content (AvgIpc) is 3.53. The van der Waals surface area contributed by atoms with Crippen molar-refractivity contribution < 1.29 is 0 Å². The third kappa shape index (κ3) is 5.78. The van der Waals surface area contributed by atoms with Crippen LogP contribution in [-0.4, -0.2) is 0 Å². The number of rotatable bonds is 6. The molecule has 0 N–H and O–H groups in total. The lowest BCUT2D eigenvalue weighted by molar-refractivity contribution is 0.969. The van der Waals surface area contributed by atoms with Gasteiger partial charge >= 0.3 is 0 Å². The Kier molecular flexibility index (Phi) is 7.18. The Morgan fingerprint density at radius 2 is 1.03 bits per heavy atom. The molecule has 0 saturated carbocycles. The van der Waals surface area contributed by atoms with Gasteiger partial charge in [-0.15, -0.1) is 23.1 Å². The average molecular weight is 527 g/mol. The molecule has 1 aromatic heterocycles. The van der Waals surface area contributed by atoms with Crippen LogP contribution < -0.4 is 0 Å². The summed E-state index contributed by atoms with van der Waals surface area (Å²) in [4.78, 5) is 4.33. The fourth-order valence-electron chi connectivity index (χ4n) is 4.67. The van der Waals surface area contributed by atoms with Crippen molar-refractivity contribution in [3.05, 3.63) is 147 Å². The molecular formula is C36H30S2. The fraction of sp³-hybridized carbons (Fsp3) is 0.111. The molecule has 4 aromatic carbocycles. The van der Waals surface area contributed by atoms with Gasteiger partial charge in [0.1, 0.15) is 0 Å². The Morgan fingerprint density at radius 3 is 1.50 bits per heavy atom. The third-order valence-corrected chi connectivity index (χ3v) is 9.68. The van der Waals surface area contributed by atoms with E-state index in [9.17, 15) is 0 Å². The lowest BCUT2D eigenvalue weighted by Crippen LogP contribution is -1.91. The van der Waals surface area contributed by atoms with Crippen LogP contribution in [0.2, 0.25) is 0 Å². The van der Waals surface area contributed by atoms with Gasteiger partial charge in [0.15, 0.2) is 0 Å². The standard InChI is InChI=1S/C36H30S2/c1-25-3-7-27(8-4-25)11-13-29-15-19-31(20-16-29)33-23-35-36(37-33)24-34(38-35)32-21-17-30(18-22-32)14-12-28-9-5-26(2)6-10-28/h3-23,34H,24H2,1-2H3/b13-11+,14-12+. The Morgan fingerprint density at radius 1 is 0.579 bits per heavy atom. The summed E-state index contributed by atoms with van der Waals surface area (Å²) in [6.45, 7) is 4.24. The normalized spacial score (nSPS) is 14.9. The van der Waals surface area contributed by atoms with E-state index in [-0.39, 0.29) is 0 Å². The van der Waals surface area contributed by atoms with Crippen LogP contribution in [0.25, 0.3) is 34.7 Å². The largest absolute Gasteiger partial charge is 0.139 e. The lowest BCUT2D eigenvalue weighted by atomic mass is 10.1. The number of thiophene rings is 1. The van der Waals surface area contributed by atoms with Gasteiger partial charge in [-0.3, -0.25) is 0 Å². The molecule has 0 spiro atoms. The van der Waals surface area contributed by atoms with Crippen molar-refractivity contribution in [1.29, 1.82) is 0 Å². The highest BCUT2D eigenvalue weighted by molar-refractivity contribution is 8.00. The summed E-state index contributed by atoms with van der Waals surface area (Å²) in [5.74, 6) is 0. The summed E-state index contributed by atoms with van der Waals surface area (Å²) < 4.78 is 0. The SMILES string of the molecule is Cc1ccc(/C=C/c2ccc(-c3cc4c(s3)CC(c3ccc(/C=C/c5ccc(C)cc5)cc3)S4)cc2)cc1. The number of aryl methyl sites for hydroxylation is 2. The quantitative estimate of drug-likeness (QED) is 0.198. The van der Waals surface area contributed by atoms with Crippen molar-refractivity contribution in [1.82, 2.24) is 0 Å². The van der Waals surface area contributed by atoms with Crippen LogP contribution in [0.5, 0.6) is 0 Å². The molecule has 1 aliphatic rings. The number of benzene rings is 4. The van der Waals surface area contributed by atoms with Crippen LogP contribution in [0.3, 0.4) is 0 Å². The summed E-state index contributed by atoms with van der Waals surface area (Å²) in [5.41, 5.74) is 10.2. The predicted molar refractivity (Wildman–Crippen MR) is 169 cm³/mol. The van der Waals surface area contributed by atoms with Crippen LogP contribution in [0.4, 0.5) is 0 Å². The molecule has 1 aliphatic heterocycles. The maximum absolute atomic E-state index is 2.39. The van der Waals surface area contributed by atoms with E-state index in [4.69, 9.17) is 0 Å². The Balaban J connectivity index is 1.08. The highest BCUT2D eigenvalue weighted by Crippen LogP contribution is 2.51. The van der Waals surface area contributed by atoms with E-state index in [0.29, 0.717) is 5.25 Å². The van der Waals surface area contributed by atoms with Crippen LogP contribution in [-0.2, 0) is 6.42 Å². The zero-order chi connectivity index (χ0) is 25.9. The van der Waals surface area contributed by atoms with Crippen molar-refractivity contribution in [2.24, 2.45) is 0 Å². The van der Waals surface area contributed by atoms with Gasteiger partial charge in [-0.2, -0.15) is 0 Å². The first-order valence-electron chi connectivity index (χ1n) is 13.1. The van der Waals surface area contributed by atoms with Crippen LogP contribution in [0, 0.1) is 13.8 Å². The van der Waals surface area contributed by atoms with E-state index in [1.807, 2.05) is 23.1 Å². The van der Waals surface area contributed by atoms with Gasteiger partial charge in [0.05, 0.1) is 0 Å².